The van der Waals surface area contributed by atoms with Crippen molar-refractivity contribution in [3.8, 4) is 0 Å². The summed E-state index contributed by atoms with van der Waals surface area (Å²) in [6.07, 6.45) is 0. The van der Waals surface area contributed by atoms with Crippen molar-refractivity contribution in [2.75, 3.05) is 31.1 Å². The molecule has 0 saturated heterocycles. The molecule has 0 aliphatic carbocycles. The first-order valence-electron chi connectivity index (χ1n) is 9.10. The fraction of sp³-hybridized carbons (Fsp3) is 0.400. The Morgan fingerprint density at radius 3 is 2.39 bits per heavy atom. The van der Waals surface area contributed by atoms with Gasteiger partial charge in [0.2, 0.25) is 0 Å². The molecule has 2 aromatic heterocycles. The van der Waals surface area contributed by atoms with Gasteiger partial charge in [-0.05, 0) is 56.3 Å². The third-order valence-corrected chi connectivity index (χ3v) is 7.13. The van der Waals surface area contributed by atoms with E-state index in [0.29, 0.717) is 15.8 Å². The summed E-state index contributed by atoms with van der Waals surface area (Å²) >= 11 is 8.94. The molecule has 3 rings (SSSR count). The van der Waals surface area contributed by atoms with Crippen LogP contribution >= 0.6 is 46.7 Å². The highest BCUT2D eigenvalue weighted by atomic mass is 35.5. The van der Waals surface area contributed by atoms with Gasteiger partial charge in [0.1, 0.15) is 0 Å². The molecule has 0 saturated carbocycles. The molecule has 0 fully saturated rings. The van der Waals surface area contributed by atoms with Gasteiger partial charge in [-0.2, -0.15) is 0 Å². The first-order chi connectivity index (χ1) is 12.9. The molecule has 0 aliphatic heterocycles. The molecule has 152 valence electrons. The standard InChI is InChI=1S/C20H24ClN3OS2.ClH/c1-5-23(6-2)11-12-24(19(25)16-9-10-17(21)26-16)20-22-18-14(4)13(3)7-8-15(18)27-20;/h7-10H,5-6,11-12H2,1-4H3;1H. The van der Waals surface area contributed by atoms with E-state index >= 15 is 0 Å². The number of fused-ring (bicyclic) bond motifs is 1. The van der Waals surface area contributed by atoms with Gasteiger partial charge >= 0.3 is 0 Å². The predicted octanol–water partition coefficient (Wildman–Crippen LogP) is 6.04. The van der Waals surface area contributed by atoms with E-state index in [4.69, 9.17) is 16.6 Å². The number of likely N-dealkylation sites (N-methyl/N-ethyl adjacent to an activating group) is 1. The minimum atomic E-state index is -0.0347. The lowest BCUT2D eigenvalue weighted by Crippen LogP contribution is -2.38. The zero-order chi connectivity index (χ0) is 19.6. The van der Waals surface area contributed by atoms with Crippen molar-refractivity contribution in [2.24, 2.45) is 0 Å². The number of rotatable bonds is 7. The number of aromatic nitrogens is 1. The van der Waals surface area contributed by atoms with Crippen molar-refractivity contribution in [2.45, 2.75) is 27.7 Å². The number of aryl methyl sites for hydroxylation is 2. The van der Waals surface area contributed by atoms with Crippen LogP contribution in [0.2, 0.25) is 4.34 Å². The van der Waals surface area contributed by atoms with Crippen LogP contribution in [0.3, 0.4) is 0 Å². The molecule has 0 N–H and O–H groups in total. The predicted molar refractivity (Wildman–Crippen MR) is 125 cm³/mol. The van der Waals surface area contributed by atoms with Crippen LogP contribution in [-0.2, 0) is 0 Å². The molecule has 0 bridgehead atoms. The van der Waals surface area contributed by atoms with Crippen molar-refractivity contribution < 1.29 is 4.79 Å². The van der Waals surface area contributed by atoms with Gasteiger partial charge < -0.3 is 4.90 Å². The maximum Gasteiger partial charge on any atom is 0.270 e. The van der Waals surface area contributed by atoms with Gasteiger partial charge in [-0.25, -0.2) is 4.98 Å². The number of carbonyl (C=O) groups is 1. The molecule has 1 aromatic carbocycles. The van der Waals surface area contributed by atoms with E-state index in [0.717, 1.165) is 35.0 Å². The lowest BCUT2D eigenvalue weighted by Gasteiger charge is -2.24. The largest absolute Gasteiger partial charge is 0.302 e. The first kappa shape index (κ1) is 23.1. The maximum atomic E-state index is 13.2. The highest BCUT2D eigenvalue weighted by Crippen LogP contribution is 2.33. The zero-order valence-electron chi connectivity index (χ0n) is 16.5. The minimum absolute atomic E-state index is 0. The lowest BCUT2D eigenvalue weighted by atomic mass is 10.1. The van der Waals surface area contributed by atoms with E-state index in [9.17, 15) is 4.79 Å². The number of hydrogen-bond donors (Lipinski definition) is 0. The molecular weight excluding hydrogens is 433 g/mol. The van der Waals surface area contributed by atoms with Crippen molar-refractivity contribution in [1.82, 2.24) is 9.88 Å². The number of halogens is 2. The number of hydrogen-bond acceptors (Lipinski definition) is 5. The van der Waals surface area contributed by atoms with Crippen molar-refractivity contribution in [3.05, 3.63) is 44.6 Å². The van der Waals surface area contributed by atoms with E-state index in [1.54, 1.807) is 28.4 Å². The molecule has 0 radical (unpaired) electrons. The topological polar surface area (TPSA) is 36.4 Å². The van der Waals surface area contributed by atoms with E-state index in [1.165, 1.54) is 22.5 Å². The average Bonchev–Trinajstić information content (AvgIpc) is 3.28. The van der Waals surface area contributed by atoms with Crippen LogP contribution in [0.5, 0.6) is 0 Å². The molecule has 0 spiro atoms. The second kappa shape index (κ2) is 10.0. The highest BCUT2D eigenvalue weighted by Gasteiger charge is 2.23. The molecular formula is C20H25Cl2N3OS2. The fourth-order valence-corrected chi connectivity index (χ4v) is 5.00. The summed E-state index contributed by atoms with van der Waals surface area (Å²) in [5.41, 5.74) is 3.37. The first-order valence-corrected chi connectivity index (χ1v) is 11.1. The van der Waals surface area contributed by atoms with Crippen molar-refractivity contribution in [3.63, 3.8) is 0 Å². The van der Waals surface area contributed by atoms with Gasteiger partial charge in [0.15, 0.2) is 5.13 Å². The fourth-order valence-electron chi connectivity index (χ4n) is 2.96. The number of carbonyl (C=O) groups excluding carboxylic acids is 1. The molecule has 0 aliphatic rings. The highest BCUT2D eigenvalue weighted by molar-refractivity contribution is 7.22. The molecule has 0 atom stereocenters. The normalized spacial score (nSPS) is 11.1. The number of thiophene rings is 1. The molecule has 3 aromatic rings. The lowest BCUT2D eigenvalue weighted by molar-refractivity contribution is 0.0987. The average molecular weight is 458 g/mol. The van der Waals surface area contributed by atoms with Gasteiger partial charge in [-0.1, -0.05) is 42.9 Å². The number of anilines is 1. The number of nitrogens with zero attached hydrogens (tertiary/aromatic N) is 3. The Morgan fingerprint density at radius 2 is 1.79 bits per heavy atom. The Labute approximate surface area is 185 Å². The number of benzene rings is 1. The van der Waals surface area contributed by atoms with E-state index in [1.807, 2.05) is 0 Å². The SMILES string of the molecule is CCN(CC)CCN(C(=O)c1ccc(Cl)s1)c1nc2c(C)c(C)ccc2s1.Cl. The zero-order valence-corrected chi connectivity index (χ0v) is 19.7. The van der Waals surface area contributed by atoms with Crippen molar-refractivity contribution >= 4 is 67.9 Å². The Kier molecular flexibility index (Phi) is 8.28. The van der Waals surface area contributed by atoms with Crippen LogP contribution in [0, 0.1) is 13.8 Å². The Balaban J connectivity index is 0.00000280. The summed E-state index contributed by atoms with van der Waals surface area (Å²) in [5, 5.41) is 0.750. The molecule has 0 unspecified atom stereocenters. The second-order valence-electron chi connectivity index (χ2n) is 6.44. The summed E-state index contributed by atoms with van der Waals surface area (Å²) < 4.78 is 1.73. The third kappa shape index (κ3) is 4.86. The summed E-state index contributed by atoms with van der Waals surface area (Å²) in [5.74, 6) is -0.0347. The van der Waals surface area contributed by atoms with E-state index < -0.39 is 0 Å². The van der Waals surface area contributed by atoms with E-state index in [-0.39, 0.29) is 18.3 Å². The van der Waals surface area contributed by atoms with Gasteiger partial charge in [0.05, 0.1) is 19.4 Å². The third-order valence-electron chi connectivity index (χ3n) is 4.87. The molecule has 4 nitrogen and oxygen atoms in total. The van der Waals surface area contributed by atoms with Gasteiger partial charge in [-0.3, -0.25) is 9.69 Å². The Morgan fingerprint density at radius 1 is 1.07 bits per heavy atom. The summed E-state index contributed by atoms with van der Waals surface area (Å²) in [6, 6.07) is 7.77. The minimum Gasteiger partial charge on any atom is -0.302 e. The Hall–Kier alpha value is -1.18. The Bertz CT molecular complexity index is 950. The van der Waals surface area contributed by atoms with Gasteiger partial charge in [0, 0.05) is 13.1 Å². The summed E-state index contributed by atoms with van der Waals surface area (Å²) in [4.78, 5) is 22.8. The molecule has 8 heteroatoms. The van der Waals surface area contributed by atoms with Gasteiger partial charge in [-0.15, -0.1) is 23.7 Å². The molecule has 2 heterocycles. The second-order valence-corrected chi connectivity index (χ2v) is 9.16. The van der Waals surface area contributed by atoms with Crippen LogP contribution in [0.4, 0.5) is 5.13 Å². The number of amides is 1. The smallest absolute Gasteiger partial charge is 0.270 e. The maximum absolute atomic E-state index is 13.2. The number of thiazole rings is 1. The monoisotopic (exact) mass is 457 g/mol. The molecule has 1 amide bonds. The van der Waals surface area contributed by atoms with Crippen LogP contribution in [0.25, 0.3) is 10.2 Å². The van der Waals surface area contributed by atoms with Gasteiger partial charge in [0.25, 0.3) is 5.91 Å². The van der Waals surface area contributed by atoms with Crippen molar-refractivity contribution in [1.29, 1.82) is 0 Å². The van der Waals surface area contributed by atoms with Crippen LogP contribution in [-0.4, -0.2) is 42.0 Å². The van der Waals surface area contributed by atoms with Crippen LogP contribution in [0.1, 0.15) is 34.6 Å². The summed E-state index contributed by atoms with van der Waals surface area (Å²) in [6.45, 7) is 11.8. The summed E-state index contributed by atoms with van der Waals surface area (Å²) in [7, 11) is 0. The van der Waals surface area contributed by atoms with Crippen LogP contribution < -0.4 is 4.90 Å². The quantitative estimate of drug-likeness (QED) is 0.433. The van der Waals surface area contributed by atoms with Crippen LogP contribution in [0.15, 0.2) is 24.3 Å². The molecule has 28 heavy (non-hydrogen) atoms. The van der Waals surface area contributed by atoms with E-state index in [2.05, 4.69) is 44.7 Å².